The van der Waals surface area contributed by atoms with Gasteiger partial charge >= 0.3 is 6.18 Å². The number of aromatic nitrogens is 6. The molecule has 11 heteroatoms. The van der Waals surface area contributed by atoms with Gasteiger partial charge in [0.2, 0.25) is 0 Å². The van der Waals surface area contributed by atoms with Gasteiger partial charge in [-0.3, -0.25) is 14.4 Å². The average Bonchev–Trinajstić information content (AvgIpc) is 3.28. The zero-order valence-corrected chi connectivity index (χ0v) is 18.5. The first-order chi connectivity index (χ1) is 16.6. The molecule has 2 N–H and O–H groups in total. The maximum absolute atomic E-state index is 13.4. The Balaban J connectivity index is 1.68. The van der Waals surface area contributed by atoms with Gasteiger partial charge in [0.05, 0.1) is 40.0 Å². The Hall–Kier alpha value is -4.59. The molecule has 1 aromatic carbocycles. The maximum Gasteiger partial charge on any atom is 0.419 e. The van der Waals surface area contributed by atoms with E-state index in [0.717, 1.165) is 6.07 Å². The molecule has 0 saturated carbocycles. The standard InChI is InChI=1S/C24H17F3N8/c1-23(2,12-28)19-6-4-14(9-31-19)22-34-33-20-11-30-17-5-3-13(8-18(17)35(20)22)15-7-16(24(25,26)27)21(29)32-10-15/h3-11H,1-2H3,(H2,29,32). The van der Waals surface area contributed by atoms with Crippen LogP contribution in [0.1, 0.15) is 25.1 Å². The first kappa shape index (κ1) is 22.2. The van der Waals surface area contributed by atoms with Crippen LogP contribution in [-0.4, -0.2) is 29.5 Å². The van der Waals surface area contributed by atoms with Gasteiger partial charge in [-0.1, -0.05) is 6.07 Å². The Morgan fingerprint density at radius 3 is 2.31 bits per heavy atom. The zero-order valence-electron chi connectivity index (χ0n) is 18.5. The average molecular weight is 474 g/mol. The number of hydrogen-bond donors (Lipinski definition) is 1. The van der Waals surface area contributed by atoms with E-state index in [-0.39, 0.29) is 5.56 Å². The molecule has 174 valence electrons. The second-order valence-corrected chi connectivity index (χ2v) is 8.50. The Morgan fingerprint density at radius 2 is 1.63 bits per heavy atom. The second-order valence-electron chi connectivity index (χ2n) is 8.50. The quantitative estimate of drug-likeness (QED) is 0.399. The van der Waals surface area contributed by atoms with E-state index in [1.165, 1.54) is 6.20 Å². The molecule has 5 aromatic rings. The fraction of sp³-hybridized carbons (Fsp3) is 0.167. The minimum atomic E-state index is -4.63. The minimum Gasteiger partial charge on any atom is -0.383 e. The summed E-state index contributed by atoms with van der Waals surface area (Å²) in [5.74, 6) is -0.104. The summed E-state index contributed by atoms with van der Waals surface area (Å²) in [5, 5.41) is 17.8. The lowest BCUT2D eigenvalue weighted by atomic mass is 9.90. The Kier molecular flexibility index (Phi) is 4.91. The van der Waals surface area contributed by atoms with Gasteiger partial charge in [-0.25, -0.2) is 4.98 Å². The van der Waals surface area contributed by atoms with Crippen molar-refractivity contribution < 1.29 is 13.2 Å². The summed E-state index contributed by atoms with van der Waals surface area (Å²) >= 11 is 0. The van der Waals surface area contributed by atoms with Gasteiger partial charge in [-0.15, -0.1) is 10.2 Å². The lowest BCUT2D eigenvalue weighted by Crippen LogP contribution is -2.15. The normalized spacial score (nSPS) is 12.2. The topological polar surface area (TPSA) is 119 Å². The van der Waals surface area contributed by atoms with E-state index >= 15 is 0 Å². The highest BCUT2D eigenvalue weighted by Crippen LogP contribution is 2.36. The number of rotatable bonds is 3. The van der Waals surface area contributed by atoms with E-state index in [9.17, 15) is 18.4 Å². The number of nitrogen functional groups attached to an aromatic ring is 1. The van der Waals surface area contributed by atoms with Crippen LogP contribution >= 0.6 is 0 Å². The molecule has 0 amide bonds. The molecule has 0 aliphatic rings. The van der Waals surface area contributed by atoms with Gasteiger partial charge in [0.15, 0.2) is 11.5 Å². The molecule has 0 spiro atoms. The van der Waals surface area contributed by atoms with Crippen LogP contribution in [0.2, 0.25) is 0 Å². The predicted molar refractivity (Wildman–Crippen MR) is 123 cm³/mol. The molecular formula is C24H17F3N8. The summed E-state index contributed by atoms with van der Waals surface area (Å²) in [6.07, 6.45) is -0.155. The van der Waals surface area contributed by atoms with Crippen molar-refractivity contribution >= 4 is 22.5 Å². The molecule has 0 bridgehead atoms. The third-order valence-electron chi connectivity index (χ3n) is 5.72. The number of alkyl halides is 3. The van der Waals surface area contributed by atoms with Crippen molar-refractivity contribution in [3.05, 3.63) is 66.2 Å². The van der Waals surface area contributed by atoms with E-state index in [1.807, 2.05) is 0 Å². The van der Waals surface area contributed by atoms with Crippen molar-refractivity contribution in [2.24, 2.45) is 0 Å². The van der Waals surface area contributed by atoms with E-state index in [2.05, 4.69) is 31.2 Å². The summed E-state index contributed by atoms with van der Waals surface area (Å²) in [6, 6.07) is 11.8. The Morgan fingerprint density at radius 1 is 0.886 bits per heavy atom. The number of fused-ring (bicyclic) bond motifs is 3. The van der Waals surface area contributed by atoms with Crippen LogP contribution in [0.5, 0.6) is 0 Å². The van der Waals surface area contributed by atoms with Gasteiger partial charge in [0, 0.05) is 23.5 Å². The molecule has 0 aliphatic heterocycles. The van der Waals surface area contributed by atoms with Crippen LogP contribution in [0.4, 0.5) is 19.0 Å². The molecule has 0 unspecified atom stereocenters. The molecular weight excluding hydrogens is 457 g/mol. The summed E-state index contributed by atoms with van der Waals surface area (Å²) in [5.41, 5.74) is 7.36. The molecule has 0 radical (unpaired) electrons. The largest absolute Gasteiger partial charge is 0.419 e. The molecule has 4 heterocycles. The first-order valence-electron chi connectivity index (χ1n) is 10.4. The van der Waals surface area contributed by atoms with Crippen LogP contribution in [0.3, 0.4) is 0 Å². The third kappa shape index (κ3) is 3.78. The summed E-state index contributed by atoms with van der Waals surface area (Å²) in [4.78, 5) is 12.5. The molecule has 4 aromatic heterocycles. The van der Waals surface area contributed by atoms with Gasteiger partial charge < -0.3 is 5.73 Å². The number of nitrogens with zero attached hydrogens (tertiary/aromatic N) is 7. The maximum atomic E-state index is 13.4. The van der Waals surface area contributed by atoms with Crippen LogP contribution in [0.25, 0.3) is 39.2 Å². The molecule has 5 rings (SSSR count). The fourth-order valence-corrected chi connectivity index (χ4v) is 3.74. The van der Waals surface area contributed by atoms with Crippen molar-refractivity contribution in [3.63, 3.8) is 0 Å². The molecule has 0 saturated heterocycles. The molecule has 0 atom stereocenters. The highest BCUT2D eigenvalue weighted by atomic mass is 19.4. The van der Waals surface area contributed by atoms with Crippen molar-refractivity contribution in [3.8, 4) is 28.6 Å². The van der Waals surface area contributed by atoms with E-state index in [1.54, 1.807) is 61.0 Å². The number of halogens is 3. The van der Waals surface area contributed by atoms with Crippen LogP contribution in [0, 0.1) is 11.3 Å². The van der Waals surface area contributed by atoms with Gasteiger partial charge in [-0.2, -0.15) is 18.4 Å². The van der Waals surface area contributed by atoms with Crippen LogP contribution in [0.15, 0.2) is 55.0 Å². The Labute approximate surface area is 196 Å². The smallest absolute Gasteiger partial charge is 0.383 e. The lowest BCUT2D eigenvalue weighted by Gasteiger charge is -2.14. The first-order valence-corrected chi connectivity index (χ1v) is 10.4. The fourth-order valence-electron chi connectivity index (χ4n) is 3.74. The zero-order chi connectivity index (χ0) is 25.0. The number of nitriles is 1. The molecule has 0 aliphatic carbocycles. The molecule has 8 nitrogen and oxygen atoms in total. The highest BCUT2D eigenvalue weighted by molar-refractivity contribution is 5.85. The van der Waals surface area contributed by atoms with E-state index < -0.39 is 23.0 Å². The number of pyridine rings is 2. The monoisotopic (exact) mass is 474 g/mol. The number of nitrogens with two attached hydrogens (primary N) is 1. The van der Waals surface area contributed by atoms with Gasteiger partial charge in [0.1, 0.15) is 5.82 Å². The summed E-state index contributed by atoms with van der Waals surface area (Å²) in [6.45, 7) is 3.55. The summed E-state index contributed by atoms with van der Waals surface area (Å²) in [7, 11) is 0. The lowest BCUT2D eigenvalue weighted by molar-refractivity contribution is -0.137. The van der Waals surface area contributed by atoms with Crippen molar-refractivity contribution in [1.82, 2.24) is 29.5 Å². The number of anilines is 1. The second kappa shape index (κ2) is 7.73. The van der Waals surface area contributed by atoms with Crippen LogP contribution < -0.4 is 5.73 Å². The van der Waals surface area contributed by atoms with Gasteiger partial charge in [-0.05, 0) is 49.7 Å². The van der Waals surface area contributed by atoms with E-state index in [0.29, 0.717) is 39.3 Å². The van der Waals surface area contributed by atoms with Crippen LogP contribution in [-0.2, 0) is 11.6 Å². The molecule has 0 fully saturated rings. The molecule has 35 heavy (non-hydrogen) atoms. The SMILES string of the molecule is CC(C)(C#N)c1ccc(-c2nnc3cnc4ccc(-c5cnc(N)c(C(F)(F)F)c5)cc4n23)cn1. The summed E-state index contributed by atoms with van der Waals surface area (Å²) < 4.78 is 41.8. The highest BCUT2D eigenvalue weighted by Gasteiger charge is 2.34. The Bertz CT molecular complexity index is 1630. The van der Waals surface area contributed by atoms with Crippen molar-refractivity contribution in [1.29, 1.82) is 5.26 Å². The van der Waals surface area contributed by atoms with E-state index in [4.69, 9.17) is 5.73 Å². The van der Waals surface area contributed by atoms with Gasteiger partial charge in [0.25, 0.3) is 0 Å². The number of hydrogen-bond acceptors (Lipinski definition) is 7. The number of benzene rings is 1. The third-order valence-corrected chi connectivity index (χ3v) is 5.72. The van der Waals surface area contributed by atoms with Crippen molar-refractivity contribution in [2.45, 2.75) is 25.4 Å². The van der Waals surface area contributed by atoms with Crippen molar-refractivity contribution in [2.75, 3.05) is 5.73 Å². The minimum absolute atomic E-state index is 0.254. The predicted octanol–water partition coefficient (Wildman–Crippen LogP) is 4.80.